The Bertz CT molecular complexity index is 2310. The van der Waals surface area contributed by atoms with Crippen LogP contribution in [0.2, 0.25) is 62.5 Å². The lowest BCUT2D eigenvalue weighted by molar-refractivity contribution is -0.152. The van der Waals surface area contributed by atoms with Gasteiger partial charge in [-0.1, -0.05) is 120 Å². The number of allylic oxidation sites excluding steroid dienone is 1. The van der Waals surface area contributed by atoms with Gasteiger partial charge in [0.05, 0.1) is 51.8 Å². The molecular weight excluding hydrogens is 993 g/mol. The molecule has 0 N–H and O–H groups in total. The van der Waals surface area contributed by atoms with Crippen molar-refractivity contribution in [2.45, 2.75) is 180 Å². The molecule has 0 saturated carbocycles. The summed E-state index contributed by atoms with van der Waals surface area (Å²) in [6.45, 7) is 37.1. The summed E-state index contributed by atoms with van der Waals surface area (Å²) in [7, 11) is -4.89. The molecule has 0 aromatic heterocycles. The quantitative estimate of drug-likeness (QED) is 0.0285. The molecule has 74 heavy (non-hydrogen) atoms. The molecule has 0 amide bonds. The zero-order valence-electron chi connectivity index (χ0n) is 48.9. The fourth-order valence-corrected chi connectivity index (χ4v) is 18.8. The van der Waals surface area contributed by atoms with Gasteiger partial charge in [-0.3, -0.25) is 4.79 Å². The molecular formula is C60H94O10Si4. The summed E-state index contributed by atoms with van der Waals surface area (Å²) in [5.74, 6) is 2.15. The lowest BCUT2D eigenvalue weighted by Crippen LogP contribution is -2.67. The summed E-state index contributed by atoms with van der Waals surface area (Å²) in [4.78, 5) is 14.8. The van der Waals surface area contributed by atoms with Crippen molar-refractivity contribution in [3.05, 3.63) is 126 Å². The molecule has 0 aliphatic rings. The molecule has 4 aromatic carbocycles. The van der Waals surface area contributed by atoms with E-state index in [0.29, 0.717) is 44.8 Å². The second kappa shape index (κ2) is 26.6. The van der Waals surface area contributed by atoms with E-state index in [2.05, 4.69) is 168 Å². The summed E-state index contributed by atoms with van der Waals surface area (Å²) >= 11 is 0. The topological polar surface area (TPSA) is 100 Å². The van der Waals surface area contributed by atoms with Gasteiger partial charge in [0, 0.05) is 31.3 Å². The van der Waals surface area contributed by atoms with Crippen LogP contribution in [0.25, 0.3) is 0 Å². The minimum atomic E-state index is -2.93. The Hall–Kier alpha value is -3.68. The van der Waals surface area contributed by atoms with Crippen LogP contribution in [0.1, 0.15) is 92.2 Å². The number of hydrogen-bond acceptors (Lipinski definition) is 10. The minimum absolute atomic E-state index is 0.0587. The molecule has 14 heteroatoms. The summed E-state index contributed by atoms with van der Waals surface area (Å²) in [6.07, 6.45) is 4.26. The molecule has 4 atom stereocenters. The first-order valence-corrected chi connectivity index (χ1v) is 38.1. The average Bonchev–Trinajstić information content (AvgIpc) is 3.30. The SMILES string of the molecule is COc1ccc(CO[C@@H]([C@H](CCO[Si](c2ccccc2)(c2ccccc2)C(C)(C)C)O[Si](C)(C)C(C)(C)C)[C@@](C)(CC(=O)/C=C/C[C@@](C)(CCOCc2ccc(OC)cc2OC)O[Si](C)(C)C)O[Si](C)(C)C)cc1. The molecule has 0 bridgehead atoms. The van der Waals surface area contributed by atoms with Crippen molar-refractivity contribution in [2.24, 2.45) is 0 Å². The van der Waals surface area contributed by atoms with Crippen LogP contribution in [0.4, 0.5) is 0 Å². The van der Waals surface area contributed by atoms with Crippen molar-refractivity contribution in [3.63, 3.8) is 0 Å². The highest BCUT2D eigenvalue weighted by atomic mass is 28.4. The van der Waals surface area contributed by atoms with E-state index in [-0.39, 0.29) is 28.9 Å². The largest absolute Gasteiger partial charge is 0.497 e. The van der Waals surface area contributed by atoms with Crippen LogP contribution >= 0.6 is 0 Å². The van der Waals surface area contributed by atoms with Crippen molar-refractivity contribution in [1.29, 1.82) is 0 Å². The molecule has 0 aliphatic heterocycles. The Morgan fingerprint density at radius 1 is 0.622 bits per heavy atom. The van der Waals surface area contributed by atoms with Crippen LogP contribution in [0.3, 0.4) is 0 Å². The maximum atomic E-state index is 14.8. The highest BCUT2D eigenvalue weighted by molar-refractivity contribution is 6.99. The lowest BCUT2D eigenvalue weighted by Gasteiger charge is -2.48. The molecule has 410 valence electrons. The lowest BCUT2D eigenvalue weighted by atomic mass is 9.87. The Balaban J connectivity index is 1.76. The van der Waals surface area contributed by atoms with Gasteiger partial charge in [0.25, 0.3) is 8.32 Å². The van der Waals surface area contributed by atoms with Crippen molar-refractivity contribution in [3.8, 4) is 17.2 Å². The van der Waals surface area contributed by atoms with Crippen LogP contribution < -0.4 is 24.6 Å². The van der Waals surface area contributed by atoms with Crippen LogP contribution in [0.15, 0.2) is 115 Å². The van der Waals surface area contributed by atoms with Gasteiger partial charge >= 0.3 is 0 Å². The van der Waals surface area contributed by atoms with Crippen LogP contribution in [0, 0.1) is 0 Å². The molecule has 4 rings (SSSR count). The molecule has 0 unspecified atom stereocenters. The number of carbonyl (C=O) groups is 1. The molecule has 0 heterocycles. The van der Waals surface area contributed by atoms with Gasteiger partial charge in [0.1, 0.15) is 23.4 Å². The highest BCUT2D eigenvalue weighted by Gasteiger charge is 2.52. The molecule has 0 saturated heterocycles. The summed E-state index contributed by atoms with van der Waals surface area (Å²) in [5, 5.41) is 2.08. The number of ether oxygens (including phenoxy) is 5. The third-order valence-corrected chi connectivity index (χ3v) is 25.6. The third-order valence-electron chi connectivity index (χ3n) is 13.9. The van der Waals surface area contributed by atoms with Gasteiger partial charge < -0.3 is 41.4 Å². The Labute approximate surface area is 451 Å². The molecule has 0 aliphatic carbocycles. The Morgan fingerprint density at radius 2 is 1.18 bits per heavy atom. The van der Waals surface area contributed by atoms with Crippen molar-refractivity contribution >= 4 is 49.4 Å². The first-order chi connectivity index (χ1) is 34.4. The number of rotatable bonds is 30. The summed E-state index contributed by atoms with van der Waals surface area (Å²) < 4.78 is 59.4. The maximum Gasteiger partial charge on any atom is 0.261 e. The Morgan fingerprint density at radius 3 is 1.68 bits per heavy atom. The van der Waals surface area contributed by atoms with Gasteiger partial charge in [-0.25, -0.2) is 0 Å². The second-order valence-corrected chi connectivity index (χ2v) is 42.6. The van der Waals surface area contributed by atoms with E-state index in [1.54, 1.807) is 27.4 Å². The standard InChI is InChI=1S/C60H94O10Si4/c1-57(2,3)73(18,19)68-54(38-41-67-74(58(4,5)6,52-28-22-20-23-29-52)53-30-24-21-25-31-53)56(66-45-47-32-35-50(62-9)36-33-47)60(8,70-72(15,16)17)44-49(61)27-26-39-59(7,69-71(12,13)14)40-42-65-46-48-34-37-51(63-10)43-55(48)64-11/h20-37,43,54,56H,38-42,44-46H2,1-19H3/b27-26+/t54-,56-,59-,60+/m0/s1. The first-order valence-electron chi connectivity index (χ1n) is 26.5. The minimum Gasteiger partial charge on any atom is -0.497 e. The number of ketones is 1. The van der Waals surface area contributed by atoms with Crippen LogP contribution in [-0.4, -0.2) is 97.0 Å². The van der Waals surface area contributed by atoms with E-state index in [9.17, 15) is 4.79 Å². The predicted molar refractivity (Wildman–Crippen MR) is 315 cm³/mol. The smallest absolute Gasteiger partial charge is 0.261 e. The normalized spacial score (nSPS) is 15.6. The monoisotopic (exact) mass is 1090 g/mol. The van der Waals surface area contributed by atoms with Crippen molar-refractivity contribution in [2.75, 3.05) is 34.5 Å². The number of hydrogen-bond donors (Lipinski definition) is 0. The van der Waals surface area contributed by atoms with E-state index in [4.69, 9.17) is 41.4 Å². The highest BCUT2D eigenvalue weighted by Crippen LogP contribution is 2.42. The predicted octanol–water partition coefficient (Wildman–Crippen LogP) is 13.7. The molecule has 0 fully saturated rings. The maximum absolute atomic E-state index is 14.8. The average molecular weight is 1090 g/mol. The second-order valence-electron chi connectivity index (χ2n) is 24.7. The fraction of sp³-hybridized carbons (Fsp3) is 0.550. The van der Waals surface area contributed by atoms with Gasteiger partial charge in [-0.15, -0.1) is 0 Å². The molecule has 4 aromatic rings. The van der Waals surface area contributed by atoms with E-state index < -0.39 is 56.7 Å². The first kappa shape index (κ1) is 62.9. The number of carbonyl (C=O) groups excluding carboxylic acids is 1. The summed E-state index contributed by atoms with van der Waals surface area (Å²) in [5.41, 5.74) is 0.240. The molecule has 0 spiro atoms. The van der Waals surface area contributed by atoms with Crippen molar-refractivity contribution in [1.82, 2.24) is 0 Å². The molecule has 0 radical (unpaired) electrons. The fourth-order valence-electron chi connectivity index (χ4n) is 9.62. The zero-order valence-corrected chi connectivity index (χ0v) is 52.9. The zero-order chi connectivity index (χ0) is 55.2. The number of benzene rings is 4. The van der Waals surface area contributed by atoms with E-state index >= 15 is 0 Å². The van der Waals surface area contributed by atoms with Gasteiger partial charge in [0.15, 0.2) is 30.7 Å². The Kier molecular flexibility index (Phi) is 22.6. The molecule has 10 nitrogen and oxygen atoms in total. The van der Waals surface area contributed by atoms with Gasteiger partial charge in [-0.2, -0.15) is 0 Å². The van der Waals surface area contributed by atoms with Crippen molar-refractivity contribution < 1.29 is 46.2 Å². The van der Waals surface area contributed by atoms with E-state index in [1.807, 2.05) is 48.5 Å². The summed E-state index contributed by atoms with van der Waals surface area (Å²) in [6, 6.07) is 35.2. The van der Waals surface area contributed by atoms with E-state index in [0.717, 1.165) is 22.6 Å². The van der Waals surface area contributed by atoms with Gasteiger partial charge in [-0.05, 0) is 142 Å². The van der Waals surface area contributed by atoms with E-state index in [1.165, 1.54) is 10.4 Å². The third kappa shape index (κ3) is 18.2. The van der Waals surface area contributed by atoms with Gasteiger partial charge in [0.2, 0.25) is 0 Å². The van der Waals surface area contributed by atoms with Crippen LogP contribution in [0.5, 0.6) is 17.2 Å². The van der Waals surface area contributed by atoms with Crippen LogP contribution in [-0.2, 0) is 45.2 Å². The number of methoxy groups -OCH3 is 3.